The van der Waals surface area contributed by atoms with E-state index in [0.717, 1.165) is 16.7 Å². The standard InChI is InChI=1S/C11H15BrN2/c1-4-7-14(9(2)3)11-5-6-13-8-10(11)12/h4-6,8-9H,1,7H2,2-3H3. The summed E-state index contributed by atoms with van der Waals surface area (Å²) < 4.78 is 1.02. The van der Waals surface area contributed by atoms with E-state index in [2.05, 4.69) is 46.2 Å². The molecule has 0 N–H and O–H groups in total. The lowest BCUT2D eigenvalue weighted by Crippen LogP contribution is -2.31. The van der Waals surface area contributed by atoms with Crippen LogP contribution in [-0.2, 0) is 0 Å². The Morgan fingerprint density at radius 3 is 2.86 bits per heavy atom. The first kappa shape index (κ1) is 11.2. The number of nitrogens with zero attached hydrogens (tertiary/aromatic N) is 2. The van der Waals surface area contributed by atoms with Gasteiger partial charge in [-0.15, -0.1) is 6.58 Å². The highest BCUT2D eigenvalue weighted by molar-refractivity contribution is 9.10. The van der Waals surface area contributed by atoms with Crippen LogP contribution >= 0.6 is 15.9 Å². The largest absolute Gasteiger partial charge is 0.364 e. The van der Waals surface area contributed by atoms with Crippen molar-refractivity contribution in [3.8, 4) is 0 Å². The van der Waals surface area contributed by atoms with Crippen molar-refractivity contribution in [1.29, 1.82) is 0 Å². The Hall–Kier alpha value is -0.830. The summed E-state index contributed by atoms with van der Waals surface area (Å²) in [7, 11) is 0. The molecule has 0 aliphatic heterocycles. The molecule has 1 rings (SSSR count). The third-order valence-electron chi connectivity index (χ3n) is 2.01. The second-order valence-corrected chi connectivity index (χ2v) is 4.22. The summed E-state index contributed by atoms with van der Waals surface area (Å²) in [6, 6.07) is 2.46. The molecule has 1 heterocycles. The predicted octanol–water partition coefficient (Wildman–Crippen LogP) is 3.24. The summed E-state index contributed by atoms with van der Waals surface area (Å²) in [6.07, 6.45) is 5.53. The van der Waals surface area contributed by atoms with Crippen molar-refractivity contribution in [1.82, 2.24) is 4.98 Å². The molecule has 0 fully saturated rings. The number of hydrogen-bond acceptors (Lipinski definition) is 2. The lowest BCUT2D eigenvalue weighted by Gasteiger charge is -2.28. The average Bonchev–Trinajstić information content (AvgIpc) is 2.15. The van der Waals surface area contributed by atoms with Gasteiger partial charge >= 0.3 is 0 Å². The molecule has 14 heavy (non-hydrogen) atoms. The molecule has 1 aromatic rings. The van der Waals surface area contributed by atoms with Gasteiger partial charge in [0.25, 0.3) is 0 Å². The van der Waals surface area contributed by atoms with Gasteiger partial charge < -0.3 is 4.90 Å². The Labute approximate surface area is 93.8 Å². The Balaban J connectivity index is 2.98. The number of halogens is 1. The third kappa shape index (κ3) is 2.58. The van der Waals surface area contributed by atoms with E-state index in [1.807, 2.05) is 18.3 Å². The van der Waals surface area contributed by atoms with E-state index in [1.54, 1.807) is 6.20 Å². The summed E-state index contributed by atoms with van der Waals surface area (Å²) >= 11 is 3.50. The Bertz CT molecular complexity index is 310. The molecule has 76 valence electrons. The molecule has 1 aromatic heterocycles. The molecule has 0 saturated heterocycles. The van der Waals surface area contributed by atoms with Crippen molar-refractivity contribution in [3.05, 3.63) is 35.6 Å². The molecule has 0 atom stereocenters. The van der Waals surface area contributed by atoms with Crippen LogP contribution in [0.2, 0.25) is 0 Å². The Morgan fingerprint density at radius 2 is 2.36 bits per heavy atom. The van der Waals surface area contributed by atoms with E-state index < -0.39 is 0 Å². The maximum Gasteiger partial charge on any atom is 0.0592 e. The zero-order valence-corrected chi connectivity index (χ0v) is 10.2. The number of hydrogen-bond donors (Lipinski definition) is 0. The molecule has 0 saturated carbocycles. The monoisotopic (exact) mass is 254 g/mol. The normalized spacial score (nSPS) is 10.3. The van der Waals surface area contributed by atoms with E-state index in [4.69, 9.17) is 0 Å². The van der Waals surface area contributed by atoms with Crippen LogP contribution in [0.1, 0.15) is 13.8 Å². The van der Waals surface area contributed by atoms with Crippen molar-refractivity contribution >= 4 is 21.6 Å². The lowest BCUT2D eigenvalue weighted by molar-refractivity contribution is 0.721. The summed E-state index contributed by atoms with van der Waals surface area (Å²) in [5.41, 5.74) is 1.16. The number of aromatic nitrogens is 1. The van der Waals surface area contributed by atoms with Crippen LogP contribution in [0.5, 0.6) is 0 Å². The molecule has 0 amide bonds. The number of rotatable bonds is 4. The van der Waals surface area contributed by atoms with Gasteiger partial charge in [0, 0.05) is 25.0 Å². The fraction of sp³-hybridized carbons (Fsp3) is 0.364. The quantitative estimate of drug-likeness (QED) is 0.768. The highest BCUT2D eigenvalue weighted by Gasteiger charge is 2.11. The highest BCUT2D eigenvalue weighted by Crippen LogP contribution is 2.26. The second-order valence-electron chi connectivity index (χ2n) is 3.36. The fourth-order valence-electron chi connectivity index (χ4n) is 1.33. The van der Waals surface area contributed by atoms with E-state index in [-0.39, 0.29) is 0 Å². The van der Waals surface area contributed by atoms with Gasteiger partial charge in [-0.2, -0.15) is 0 Å². The molecule has 0 bridgehead atoms. The van der Waals surface area contributed by atoms with Gasteiger partial charge in [-0.3, -0.25) is 4.98 Å². The van der Waals surface area contributed by atoms with Crippen LogP contribution in [0, 0.1) is 0 Å². The highest BCUT2D eigenvalue weighted by atomic mass is 79.9. The van der Waals surface area contributed by atoms with Crippen molar-refractivity contribution in [3.63, 3.8) is 0 Å². The van der Waals surface area contributed by atoms with Crippen LogP contribution in [0.3, 0.4) is 0 Å². The van der Waals surface area contributed by atoms with Gasteiger partial charge in [-0.05, 0) is 35.8 Å². The average molecular weight is 255 g/mol. The maximum atomic E-state index is 4.05. The van der Waals surface area contributed by atoms with E-state index >= 15 is 0 Å². The Kier molecular flexibility index (Phi) is 4.14. The number of anilines is 1. The van der Waals surface area contributed by atoms with Gasteiger partial charge in [-0.1, -0.05) is 6.08 Å². The van der Waals surface area contributed by atoms with E-state index in [0.29, 0.717) is 6.04 Å². The molecule has 0 aliphatic rings. The van der Waals surface area contributed by atoms with Gasteiger partial charge in [0.1, 0.15) is 0 Å². The zero-order valence-electron chi connectivity index (χ0n) is 8.57. The molecule has 2 nitrogen and oxygen atoms in total. The molecule has 0 unspecified atom stereocenters. The van der Waals surface area contributed by atoms with Crippen LogP contribution in [0.4, 0.5) is 5.69 Å². The van der Waals surface area contributed by atoms with Crippen molar-refractivity contribution < 1.29 is 0 Å². The van der Waals surface area contributed by atoms with Crippen molar-refractivity contribution in [2.24, 2.45) is 0 Å². The second kappa shape index (κ2) is 5.15. The maximum absolute atomic E-state index is 4.05. The summed E-state index contributed by atoms with van der Waals surface area (Å²) in [5, 5.41) is 0. The van der Waals surface area contributed by atoms with Gasteiger partial charge in [0.15, 0.2) is 0 Å². The summed E-state index contributed by atoms with van der Waals surface area (Å²) in [6.45, 7) is 8.94. The first-order valence-corrected chi connectivity index (χ1v) is 5.43. The van der Waals surface area contributed by atoms with Crippen LogP contribution in [0.25, 0.3) is 0 Å². The minimum atomic E-state index is 0.451. The van der Waals surface area contributed by atoms with Crippen molar-refractivity contribution in [2.75, 3.05) is 11.4 Å². The van der Waals surface area contributed by atoms with Gasteiger partial charge in [0.2, 0.25) is 0 Å². The molecular formula is C11H15BrN2. The minimum Gasteiger partial charge on any atom is -0.364 e. The molecule has 0 aliphatic carbocycles. The summed E-state index contributed by atoms with van der Waals surface area (Å²) in [4.78, 5) is 6.31. The lowest BCUT2D eigenvalue weighted by atomic mass is 10.2. The minimum absolute atomic E-state index is 0.451. The van der Waals surface area contributed by atoms with Gasteiger partial charge in [-0.25, -0.2) is 0 Å². The Morgan fingerprint density at radius 1 is 1.64 bits per heavy atom. The van der Waals surface area contributed by atoms with E-state index in [1.165, 1.54) is 0 Å². The molecule has 3 heteroatoms. The molecule has 0 spiro atoms. The first-order valence-electron chi connectivity index (χ1n) is 4.64. The van der Waals surface area contributed by atoms with Crippen LogP contribution in [-0.4, -0.2) is 17.6 Å². The summed E-state index contributed by atoms with van der Waals surface area (Å²) in [5.74, 6) is 0. The van der Waals surface area contributed by atoms with Crippen molar-refractivity contribution in [2.45, 2.75) is 19.9 Å². The van der Waals surface area contributed by atoms with E-state index in [9.17, 15) is 0 Å². The fourth-order valence-corrected chi connectivity index (χ4v) is 1.81. The van der Waals surface area contributed by atoms with Crippen LogP contribution in [0.15, 0.2) is 35.6 Å². The van der Waals surface area contributed by atoms with Crippen LogP contribution < -0.4 is 4.90 Å². The molecular weight excluding hydrogens is 240 g/mol. The first-order chi connectivity index (χ1) is 6.66. The topological polar surface area (TPSA) is 16.1 Å². The third-order valence-corrected chi connectivity index (χ3v) is 2.62. The smallest absolute Gasteiger partial charge is 0.0592 e. The molecule has 0 radical (unpaired) electrons. The number of pyridine rings is 1. The molecule has 0 aromatic carbocycles. The van der Waals surface area contributed by atoms with Gasteiger partial charge in [0.05, 0.1) is 10.2 Å². The predicted molar refractivity (Wildman–Crippen MR) is 64.6 cm³/mol. The zero-order chi connectivity index (χ0) is 10.6. The SMILES string of the molecule is C=CCN(c1ccncc1Br)C(C)C.